The van der Waals surface area contributed by atoms with E-state index in [2.05, 4.69) is 0 Å². The third kappa shape index (κ3) is 2.16. The number of nitrogens with zero attached hydrogens (tertiary/aromatic N) is 2. The molecule has 0 bridgehead atoms. The molecule has 0 unspecified atom stereocenters. The van der Waals surface area contributed by atoms with Gasteiger partial charge in [0, 0.05) is 12.1 Å². The molecule has 0 atom stereocenters. The maximum Gasteiger partial charge on any atom is 0.270 e. The smallest absolute Gasteiger partial charge is 0.258 e. The predicted octanol–water partition coefficient (Wildman–Crippen LogP) is 0.375. The second-order valence-electron chi connectivity index (χ2n) is 2.76. The summed E-state index contributed by atoms with van der Waals surface area (Å²) in [6.45, 7) is 0. The highest BCUT2D eigenvalue weighted by Gasteiger charge is 2.19. The third-order valence-corrected chi connectivity index (χ3v) is 3.33. The molecule has 0 aliphatic carbocycles. The van der Waals surface area contributed by atoms with Gasteiger partial charge in [-0.05, 0) is 13.1 Å². The summed E-state index contributed by atoms with van der Waals surface area (Å²) in [5.41, 5.74) is -0.588. The molecule has 1 aromatic rings. The summed E-state index contributed by atoms with van der Waals surface area (Å²) in [6.07, 6.45) is 0. The fraction of sp³-hybridized carbons (Fsp3) is 0.125. The third-order valence-electron chi connectivity index (χ3n) is 1.85. The lowest BCUT2D eigenvalue weighted by atomic mass is 10.2. The van der Waals surface area contributed by atoms with E-state index in [4.69, 9.17) is 5.26 Å². The van der Waals surface area contributed by atoms with Crippen LogP contribution in [0, 0.1) is 21.4 Å². The summed E-state index contributed by atoms with van der Waals surface area (Å²) in [5, 5.41) is 19.1. The molecule has 0 fully saturated rings. The molecule has 1 aromatic carbocycles. The molecule has 1 N–H and O–H groups in total. The lowest BCUT2D eigenvalue weighted by molar-refractivity contribution is -0.384. The van der Waals surface area contributed by atoms with Crippen LogP contribution in [-0.4, -0.2) is 20.4 Å². The Kier molecular flexibility index (Phi) is 3.22. The molecule has 0 heterocycles. The van der Waals surface area contributed by atoms with Crippen LogP contribution in [0.1, 0.15) is 5.56 Å². The normalized spacial score (nSPS) is 10.8. The molecule has 0 saturated heterocycles. The van der Waals surface area contributed by atoms with Crippen molar-refractivity contribution in [1.82, 2.24) is 4.72 Å². The van der Waals surface area contributed by atoms with E-state index in [0.717, 1.165) is 18.2 Å². The maximum atomic E-state index is 11.4. The van der Waals surface area contributed by atoms with Crippen molar-refractivity contribution in [1.29, 1.82) is 5.26 Å². The largest absolute Gasteiger partial charge is 0.270 e. The Morgan fingerprint density at radius 1 is 1.50 bits per heavy atom. The van der Waals surface area contributed by atoms with Crippen LogP contribution in [-0.2, 0) is 10.0 Å². The van der Waals surface area contributed by atoms with Gasteiger partial charge in [-0.25, -0.2) is 13.1 Å². The fourth-order valence-corrected chi connectivity index (χ4v) is 1.92. The van der Waals surface area contributed by atoms with E-state index in [0.29, 0.717) is 0 Å². The highest BCUT2D eigenvalue weighted by atomic mass is 32.2. The molecule has 0 aliphatic heterocycles. The molecule has 0 saturated carbocycles. The summed E-state index contributed by atoms with van der Waals surface area (Å²) in [7, 11) is -2.59. The Hall–Kier alpha value is -1.98. The quantitative estimate of drug-likeness (QED) is 0.606. The van der Waals surface area contributed by atoms with Crippen molar-refractivity contribution in [3.63, 3.8) is 0 Å². The lowest BCUT2D eigenvalue weighted by Gasteiger charge is -2.03. The van der Waals surface area contributed by atoms with Crippen molar-refractivity contribution in [3.05, 3.63) is 33.9 Å². The van der Waals surface area contributed by atoms with Crippen LogP contribution in [0.3, 0.4) is 0 Å². The summed E-state index contributed by atoms with van der Waals surface area (Å²) in [4.78, 5) is 9.46. The van der Waals surface area contributed by atoms with Gasteiger partial charge >= 0.3 is 0 Å². The van der Waals surface area contributed by atoms with Crippen LogP contribution in [0.4, 0.5) is 5.69 Å². The molecule has 0 amide bonds. The van der Waals surface area contributed by atoms with E-state index >= 15 is 0 Å². The van der Waals surface area contributed by atoms with Crippen molar-refractivity contribution in [2.75, 3.05) is 7.05 Å². The van der Waals surface area contributed by atoms with Gasteiger partial charge in [0.25, 0.3) is 5.69 Å². The molecule has 16 heavy (non-hydrogen) atoms. The Bertz CT molecular complexity index is 573. The molecule has 7 nitrogen and oxygen atoms in total. The molecule has 84 valence electrons. The van der Waals surface area contributed by atoms with E-state index in [9.17, 15) is 18.5 Å². The standard InChI is InChI=1S/C8H7N3O4S/c1-10-16(14,15)8-3-2-7(11(12)13)4-6(8)5-9/h2-4,10H,1H3. The van der Waals surface area contributed by atoms with Crippen LogP contribution >= 0.6 is 0 Å². The van der Waals surface area contributed by atoms with E-state index in [1.165, 1.54) is 7.05 Å². The number of nitro groups is 1. The molecular weight excluding hydrogens is 234 g/mol. The molecule has 1 rings (SSSR count). The highest BCUT2D eigenvalue weighted by molar-refractivity contribution is 7.89. The zero-order valence-corrected chi connectivity index (χ0v) is 8.98. The summed E-state index contributed by atoms with van der Waals surface area (Å²) < 4.78 is 24.9. The minimum Gasteiger partial charge on any atom is -0.258 e. The number of benzene rings is 1. The number of hydrogen-bond acceptors (Lipinski definition) is 5. The zero-order chi connectivity index (χ0) is 12.3. The number of hydrogen-bond donors (Lipinski definition) is 1. The summed E-state index contributed by atoms with van der Waals surface area (Å²) in [5.74, 6) is 0. The first-order valence-electron chi connectivity index (χ1n) is 4.04. The SMILES string of the molecule is CNS(=O)(=O)c1ccc([N+](=O)[O-])cc1C#N. The molecule has 0 radical (unpaired) electrons. The van der Waals surface area contributed by atoms with Crippen LogP contribution in [0.25, 0.3) is 0 Å². The predicted molar refractivity (Wildman–Crippen MR) is 54.1 cm³/mol. The van der Waals surface area contributed by atoms with Gasteiger partial charge in [-0.3, -0.25) is 10.1 Å². The van der Waals surface area contributed by atoms with E-state index in [1.807, 2.05) is 4.72 Å². The van der Waals surface area contributed by atoms with Gasteiger partial charge in [0.15, 0.2) is 0 Å². The zero-order valence-electron chi connectivity index (χ0n) is 8.17. The minimum atomic E-state index is -3.78. The first kappa shape index (κ1) is 12.1. The second-order valence-corrected chi connectivity index (χ2v) is 4.61. The van der Waals surface area contributed by atoms with E-state index in [-0.39, 0.29) is 16.1 Å². The lowest BCUT2D eigenvalue weighted by Crippen LogP contribution is -2.19. The molecule has 8 heteroatoms. The van der Waals surface area contributed by atoms with Gasteiger partial charge in [0.1, 0.15) is 11.0 Å². The number of sulfonamides is 1. The van der Waals surface area contributed by atoms with Gasteiger partial charge in [-0.1, -0.05) is 0 Å². The number of nitriles is 1. The van der Waals surface area contributed by atoms with Gasteiger partial charge in [-0.15, -0.1) is 0 Å². The van der Waals surface area contributed by atoms with Crippen molar-refractivity contribution in [3.8, 4) is 6.07 Å². The van der Waals surface area contributed by atoms with Crippen LogP contribution in [0.5, 0.6) is 0 Å². The topological polar surface area (TPSA) is 113 Å². The van der Waals surface area contributed by atoms with Gasteiger partial charge < -0.3 is 0 Å². The van der Waals surface area contributed by atoms with Crippen LogP contribution < -0.4 is 4.72 Å². The fourth-order valence-electron chi connectivity index (χ4n) is 1.06. The number of rotatable bonds is 3. The number of non-ortho nitro benzene ring substituents is 1. The van der Waals surface area contributed by atoms with Crippen LogP contribution in [0.2, 0.25) is 0 Å². The Balaban J connectivity index is 3.47. The van der Waals surface area contributed by atoms with Crippen molar-refractivity contribution >= 4 is 15.7 Å². The maximum absolute atomic E-state index is 11.4. The molecular formula is C8H7N3O4S. The Morgan fingerprint density at radius 3 is 2.56 bits per heavy atom. The average Bonchev–Trinajstić information content (AvgIpc) is 2.28. The van der Waals surface area contributed by atoms with Crippen LogP contribution in [0.15, 0.2) is 23.1 Å². The summed E-state index contributed by atoms with van der Waals surface area (Å²) in [6, 6.07) is 4.59. The highest BCUT2D eigenvalue weighted by Crippen LogP contribution is 2.20. The van der Waals surface area contributed by atoms with E-state index < -0.39 is 14.9 Å². The Labute approximate surface area is 91.5 Å². The van der Waals surface area contributed by atoms with Gasteiger partial charge in [0.05, 0.1) is 10.5 Å². The van der Waals surface area contributed by atoms with Gasteiger partial charge in [0.2, 0.25) is 10.0 Å². The average molecular weight is 241 g/mol. The summed E-state index contributed by atoms with van der Waals surface area (Å²) >= 11 is 0. The molecule has 0 spiro atoms. The number of nitrogens with one attached hydrogen (secondary N) is 1. The first-order chi connectivity index (χ1) is 7.42. The number of nitro benzene ring substituents is 1. The van der Waals surface area contributed by atoms with E-state index in [1.54, 1.807) is 6.07 Å². The van der Waals surface area contributed by atoms with Crippen molar-refractivity contribution in [2.45, 2.75) is 4.90 Å². The van der Waals surface area contributed by atoms with Gasteiger partial charge in [-0.2, -0.15) is 5.26 Å². The minimum absolute atomic E-state index is 0.261. The molecule has 0 aromatic heterocycles. The molecule has 0 aliphatic rings. The van der Waals surface area contributed by atoms with Crippen molar-refractivity contribution < 1.29 is 13.3 Å². The van der Waals surface area contributed by atoms with Crippen molar-refractivity contribution in [2.24, 2.45) is 0 Å². The second kappa shape index (κ2) is 4.26. The Morgan fingerprint density at radius 2 is 2.12 bits per heavy atom. The monoisotopic (exact) mass is 241 g/mol. The first-order valence-corrected chi connectivity index (χ1v) is 5.53.